The summed E-state index contributed by atoms with van der Waals surface area (Å²) in [5, 5.41) is -0.512. The fourth-order valence-electron chi connectivity index (χ4n) is 2.57. The average molecular weight is 355 g/mol. The molecule has 0 atom stereocenters. The Morgan fingerprint density at radius 1 is 1.33 bits per heavy atom. The van der Waals surface area contributed by atoms with Gasteiger partial charge in [-0.1, -0.05) is 0 Å². The summed E-state index contributed by atoms with van der Waals surface area (Å²) >= 11 is 0. The lowest BCUT2D eigenvalue weighted by atomic mass is 10.1. The predicted octanol–water partition coefficient (Wildman–Crippen LogP) is 1.71. The molecule has 0 radical (unpaired) electrons. The molecule has 1 fully saturated rings. The van der Waals surface area contributed by atoms with Crippen molar-refractivity contribution in [3.8, 4) is 0 Å². The molecule has 0 saturated carbocycles. The SMILES string of the molecule is CC(C)(C)OC(=O)N1CCC(S(=O)(=O)c2ccc(CN)nc2)CC1. The fraction of sp³-hybridized carbons (Fsp3) is 0.625. The number of piperidine rings is 1. The third kappa shape index (κ3) is 4.45. The van der Waals surface area contributed by atoms with Crippen LogP contribution < -0.4 is 5.73 Å². The van der Waals surface area contributed by atoms with Gasteiger partial charge in [-0.3, -0.25) is 4.98 Å². The van der Waals surface area contributed by atoms with Crippen LogP contribution in [0, 0.1) is 0 Å². The summed E-state index contributed by atoms with van der Waals surface area (Å²) in [5.41, 5.74) is 5.57. The Labute approximate surface area is 143 Å². The van der Waals surface area contributed by atoms with Crippen molar-refractivity contribution in [2.75, 3.05) is 13.1 Å². The van der Waals surface area contributed by atoms with Gasteiger partial charge in [0.05, 0.1) is 15.8 Å². The minimum atomic E-state index is -3.45. The fourth-order valence-corrected chi connectivity index (χ4v) is 4.24. The second-order valence-corrected chi connectivity index (χ2v) is 9.13. The highest BCUT2D eigenvalue weighted by Gasteiger charge is 2.34. The van der Waals surface area contributed by atoms with Crippen molar-refractivity contribution in [2.24, 2.45) is 5.73 Å². The highest BCUT2D eigenvalue weighted by molar-refractivity contribution is 7.92. The molecule has 1 saturated heterocycles. The normalized spacial score (nSPS) is 16.9. The molecule has 1 aliphatic rings. The van der Waals surface area contributed by atoms with Gasteiger partial charge in [-0.15, -0.1) is 0 Å². The standard InChI is InChI=1S/C16H25N3O4S/c1-16(2,3)23-15(20)19-8-6-13(7-9-19)24(21,22)14-5-4-12(10-17)18-11-14/h4-5,11,13H,6-10,17H2,1-3H3. The van der Waals surface area contributed by atoms with Crippen molar-refractivity contribution in [2.45, 2.75) is 55.9 Å². The lowest BCUT2D eigenvalue weighted by molar-refractivity contribution is 0.0217. The second-order valence-electron chi connectivity index (χ2n) is 6.90. The van der Waals surface area contributed by atoms with Crippen LogP contribution in [0.4, 0.5) is 4.79 Å². The molecule has 0 spiro atoms. The van der Waals surface area contributed by atoms with Crippen molar-refractivity contribution < 1.29 is 17.9 Å². The number of aromatic nitrogens is 1. The maximum atomic E-state index is 12.7. The van der Waals surface area contributed by atoms with Gasteiger partial charge in [0.1, 0.15) is 5.60 Å². The van der Waals surface area contributed by atoms with Gasteiger partial charge < -0.3 is 15.4 Å². The molecule has 1 aliphatic heterocycles. The Hall–Kier alpha value is -1.67. The molecule has 134 valence electrons. The van der Waals surface area contributed by atoms with Gasteiger partial charge in [0.15, 0.2) is 9.84 Å². The molecule has 2 rings (SSSR count). The van der Waals surface area contributed by atoms with Gasteiger partial charge in [0.2, 0.25) is 0 Å². The first-order valence-corrected chi connectivity index (χ1v) is 9.55. The molecule has 8 heteroatoms. The van der Waals surface area contributed by atoms with Crippen LogP contribution in [0.5, 0.6) is 0 Å². The Bertz CT molecular complexity index is 672. The predicted molar refractivity (Wildman–Crippen MR) is 90.1 cm³/mol. The van der Waals surface area contributed by atoms with E-state index in [4.69, 9.17) is 10.5 Å². The number of sulfone groups is 1. The number of nitrogens with zero attached hydrogens (tertiary/aromatic N) is 2. The zero-order chi connectivity index (χ0) is 18.0. The number of nitrogens with two attached hydrogens (primary N) is 1. The van der Waals surface area contributed by atoms with E-state index in [9.17, 15) is 13.2 Å². The number of likely N-dealkylation sites (tertiary alicyclic amines) is 1. The van der Waals surface area contributed by atoms with Gasteiger partial charge >= 0.3 is 6.09 Å². The molecular formula is C16H25N3O4S. The van der Waals surface area contributed by atoms with Crippen LogP contribution in [0.15, 0.2) is 23.2 Å². The van der Waals surface area contributed by atoms with E-state index in [2.05, 4.69) is 4.98 Å². The van der Waals surface area contributed by atoms with Crippen LogP contribution in [-0.4, -0.2) is 48.3 Å². The van der Waals surface area contributed by atoms with Gasteiger partial charge in [-0.05, 0) is 45.7 Å². The summed E-state index contributed by atoms with van der Waals surface area (Å²) in [7, 11) is -3.45. The van der Waals surface area contributed by atoms with Crippen molar-refractivity contribution in [3.05, 3.63) is 24.0 Å². The minimum Gasteiger partial charge on any atom is -0.444 e. The zero-order valence-electron chi connectivity index (χ0n) is 14.4. The van der Waals surface area contributed by atoms with E-state index in [0.29, 0.717) is 31.6 Å². The molecule has 0 bridgehead atoms. The van der Waals surface area contributed by atoms with Gasteiger partial charge in [-0.25, -0.2) is 13.2 Å². The molecule has 2 heterocycles. The minimum absolute atomic E-state index is 0.204. The largest absolute Gasteiger partial charge is 0.444 e. The van der Waals surface area contributed by atoms with Gasteiger partial charge in [0.25, 0.3) is 0 Å². The highest BCUT2D eigenvalue weighted by Crippen LogP contribution is 2.25. The molecule has 7 nitrogen and oxygen atoms in total. The van der Waals surface area contributed by atoms with Crippen molar-refractivity contribution >= 4 is 15.9 Å². The highest BCUT2D eigenvalue weighted by atomic mass is 32.2. The molecule has 0 aliphatic carbocycles. The summed E-state index contributed by atoms with van der Waals surface area (Å²) in [5.74, 6) is 0. The molecule has 1 amide bonds. The molecule has 24 heavy (non-hydrogen) atoms. The number of hydrogen-bond donors (Lipinski definition) is 1. The molecule has 2 N–H and O–H groups in total. The van der Waals surface area contributed by atoms with Crippen LogP contribution in [0.1, 0.15) is 39.3 Å². The Kier molecular flexibility index (Phi) is 5.49. The molecule has 0 unspecified atom stereocenters. The smallest absolute Gasteiger partial charge is 0.410 e. The van der Waals surface area contributed by atoms with E-state index < -0.39 is 26.8 Å². The number of pyridine rings is 1. The summed E-state index contributed by atoms with van der Waals surface area (Å²) < 4.78 is 30.7. The van der Waals surface area contributed by atoms with E-state index in [0.717, 1.165) is 0 Å². The number of carbonyl (C=O) groups is 1. The summed E-state index contributed by atoms with van der Waals surface area (Å²) in [4.78, 5) is 17.9. The molecule has 1 aromatic rings. The molecular weight excluding hydrogens is 330 g/mol. The lowest BCUT2D eigenvalue weighted by Crippen LogP contribution is -2.44. The Morgan fingerprint density at radius 2 is 1.96 bits per heavy atom. The van der Waals surface area contributed by atoms with Crippen molar-refractivity contribution in [1.29, 1.82) is 0 Å². The second kappa shape index (κ2) is 7.06. The van der Waals surface area contributed by atoms with Crippen molar-refractivity contribution in [1.82, 2.24) is 9.88 Å². The number of rotatable bonds is 3. The first-order chi connectivity index (χ1) is 11.1. The van der Waals surface area contributed by atoms with E-state index in [-0.39, 0.29) is 11.4 Å². The summed E-state index contributed by atoms with van der Waals surface area (Å²) in [6, 6.07) is 3.17. The van der Waals surface area contributed by atoms with Crippen molar-refractivity contribution in [3.63, 3.8) is 0 Å². The number of hydrogen-bond acceptors (Lipinski definition) is 6. The maximum Gasteiger partial charge on any atom is 0.410 e. The Balaban J connectivity index is 2.01. The first kappa shape index (κ1) is 18.7. The number of carbonyl (C=O) groups excluding carboxylic acids is 1. The molecule has 1 aromatic heterocycles. The van der Waals surface area contributed by atoms with Crippen LogP contribution in [-0.2, 0) is 21.1 Å². The van der Waals surface area contributed by atoms with Gasteiger partial charge in [0, 0.05) is 25.8 Å². The number of amides is 1. The maximum absolute atomic E-state index is 12.7. The topological polar surface area (TPSA) is 103 Å². The van der Waals surface area contributed by atoms with E-state index >= 15 is 0 Å². The van der Waals surface area contributed by atoms with Crippen LogP contribution >= 0.6 is 0 Å². The van der Waals surface area contributed by atoms with E-state index in [1.807, 2.05) is 0 Å². The summed E-state index contributed by atoms with van der Waals surface area (Å²) in [6.45, 7) is 6.43. The Morgan fingerprint density at radius 3 is 2.42 bits per heavy atom. The zero-order valence-corrected chi connectivity index (χ0v) is 15.2. The van der Waals surface area contributed by atoms with Crippen LogP contribution in [0.25, 0.3) is 0 Å². The lowest BCUT2D eigenvalue weighted by Gasteiger charge is -2.33. The molecule has 0 aromatic carbocycles. The third-order valence-electron chi connectivity index (χ3n) is 3.87. The summed E-state index contributed by atoms with van der Waals surface area (Å²) in [6.07, 6.45) is 1.74. The van der Waals surface area contributed by atoms with E-state index in [1.165, 1.54) is 6.20 Å². The first-order valence-electron chi connectivity index (χ1n) is 8.00. The number of ether oxygens (including phenoxy) is 1. The quantitative estimate of drug-likeness (QED) is 0.885. The van der Waals surface area contributed by atoms with E-state index in [1.54, 1.807) is 37.8 Å². The average Bonchev–Trinajstić information content (AvgIpc) is 2.53. The van der Waals surface area contributed by atoms with Crippen LogP contribution in [0.2, 0.25) is 0 Å². The van der Waals surface area contributed by atoms with Crippen LogP contribution in [0.3, 0.4) is 0 Å². The monoisotopic (exact) mass is 355 g/mol. The van der Waals surface area contributed by atoms with Gasteiger partial charge in [-0.2, -0.15) is 0 Å². The third-order valence-corrected chi connectivity index (χ3v) is 6.12.